The van der Waals surface area contributed by atoms with E-state index in [1.807, 2.05) is 0 Å². The highest BCUT2D eigenvalue weighted by Crippen LogP contribution is 2.47. The van der Waals surface area contributed by atoms with E-state index in [0.717, 1.165) is 24.4 Å². The average Bonchev–Trinajstić information content (AvgIpc) is 3.24. The first-order chi connectivity index (χ1) is 17.8. The lowest BCUT2D eigenvalue weighted by Gasteiger charge is -2.31. The SMILES string of the molecule is COc1cncc(C(=O)NC[C@](O)(c2cc3c(c(-c4ccc(F)cc4)n2)OC[C@]3(C)C(N)=O)C(F)(F)F)c1. The van der Waals surface area contributed by atoms with Crippen LogP contribution in [0.5, 0.6) is 11.5 Å². The number of carbonyl (C=O) groups is 2. The molecule has 0 aliphatic carbocycles. The lowest BCUT2D eigenvalue weighted by Crippen LogP contribution is -2.51. The summed E-state index contributed by atoms with van der Waals surface area (Å²) in [6, 6.07) is 6.79. The van der Waals surface area contributed by atoms with Crippen LogP contribution in [0.1, 0.15) is 28.5 Å². The van der Waals surface area contributed by atoms with Gasteiger partial charge in [-0.3, -0.25) is 14.6 Å². The van der Waals surface area contributed by atoms with Crippen LogP contribution in [-0.4, -0.2) is 53.3 Å². The van der Waals surface area contributed by atoms with Gasteiger partial charge in [0.25, 0.3) is 5.91 Å². The first-order valence-corrected chi connectivity index (χ1v) is 11.1. The second-order valence-corrected chi connectivity index (χ2v) is 8.88. The van der Waals surface area contributed by atoms with Gasteiger partial charge in [-0.25, -0.2) is 9.37 Å². The molecule has 9 nitrogen and oxygen atoms in total. The van der Waals surface area contributed by atoms with E-state index in [2.05, 4.69) is 15.3 Å². The minimum Gasteiger partial charge on any atom is -0.495 e. The van der Waals surface area contributed by atoms with Crippen LogP contribution in [0.15, 0.2) is 48.8 Å². The Hall–Kier alpha value is -4.26. The van der Waals surface area contributed by atoms with Gasteiger partial charge in [0.15, 0.2) is 0 Å². The van der Waals surface area contributed by atoms with E-state index in [1.165, 1.54) is 38.4 Å². The third-order valence-electron chi connectivity index (χ3n) is 6.34. The molecular weight excluding hydrogens is 512 g/mol. The highest BCUT2D eigenvalue weighted by Gasteiger charge is 2.57. The van der Waals surface area contributed by atoms with E-state index in [1.54, 1.807) is 0 Å². The molecule has 3 heterocycles. The number of nitrogens with two attached hydrogens (primary N) is 1. The van der Waals surface area contributed by atoms with Crippen LogP contribution in [0.25, 0.3) is 11.3 Å². The van der Waals surface area contributed by atoms with Gasteiger partial charge in [-0.05, 0) is 43.3 Å². The first kappa shape index (κ1) is 26.8. The summed E-state index contributed by atoms with van der Waals surface area (Å²) in [6.07, 6.45) is -2.93. The number of ether oxygens (including phenoxy) is 2. The Morgan fingerprint density at radius 3 is 2.50 bits per heavy atom. The number of alkyl halides is 3. The smallest absolute Gasteiger partial charge is 0.424 e. The molecule has 0 saturated carbocycles. The van der Waals surface area contributed by atoms with Crippen LogP contribution in [0.4, 0.5) is 17.6 Å². The Morgan fingerprint density at radius 2 is 1.89 bits per heavy atom. The number of aromatic nitrogens is 2. The Balaban J connectivity index is 1.83. The van der Waals surface area contributed by atoms with E-state index >= 15 is 0 Å². The molecule has 0 bridgehead atoms. The highest BCUT2D eigenvalue weighted by molar-refractivity contribution is 5.94. The minimum absolute atomic E-state index is 0.0299. The van der Waals surface area contributed by atoms with Crippen molar-refractivity contribution in [1.29, 1.82) is 0 Å². The van der Waals surface area contributed by atoms with Gasteiger partial charge in [0.2, 0.25) is 11.5 Å². The van der Waals surface area contributed by atoms with Crippen molar-refractivity contribution >= 4 is 11.8 Å². The molecule has 4 N–H and O–H groups in total. The van der Waals surface area contributed by atoms with Crippen LogP contribution in [0, 0.1) is 5.82 Å². The average molecular weight is 534 g/mol. The number of nitrogens with zero attached hydrogens (tertiary/aromatic N) is 2. The molecule has 13 heteroatoms. The zero-order valence-corrected chi connectivity index (χ0v) is 20.1. The minimum atomic E-state index is -5.34. The number of carbonyl (C=O) groups excluding carboxylic acids is 2. The van der Waals surface area contributed by atoms with Crippen LogP contribution in [0.3, 0.4) is 0 Å². The van der Waals surface area contributed by atoms with Crippen molar-refractivity contribution in [1.82, 2.24) is 15.3 Å². The molecule has 0 unspecified atom stereocenters. The summed E-state index contributed by atoms with van der Waals surface area (Å²) in [5.74, 6) is -2.29. The molecule has 0 radical (unpaired) electrons. The molecule has 38 heavy (non-hydrogen) atoms. The van der Waals surface area contributed by atoms with E-state index in [4.69, 9.17) is 15.2 Å². The lowest BCUT2D eigenvalue weighted by atomic mass is 9.81. The molecule has 2 amide bonds. The third-order valence-corrected chi connectivity index (χ3v) is 6.34. The van der Waals surface area contributed by atoms with Gasteiger partial charge in [-0.1, -0.05) is 0 Å². The van der Waals surface area contributed by atoms with Gasteiger partial charge < -0.3 is 25.6 Å². The summed E-state index contributed by atoms with van der Waals surface area (Å²) in [7, 11) is 1.32. The molecule has 1 aliphatic heterocycles. The standard InChI is InChI=1S/C25H22F4N4O5/c1-23(22(30)35)12-38-20-17(23)8-18(33-19(20)13-3-5-15(26)6-4-13)24(36,25(27,28)29)11-32-21(34)14-7-16(37-2)10-31-9-14/h3-10,36H,11-12H2,1-2H3,(H2,30,35)(H,32,34)/t23-,24-/m0/s1. The van der Waals surface area contributed by atoms with Gasteiger partial charge in [0.05, 0.1) is 31.1 Å². The number of primary amides is 1. The van der Waals surface area contributed by atoms with Crippen LogP contribution >= 0.6 is 0 Å². The van der Waals surface area contributed by atoms with Crippen LogP contribution in [-0.2, 0) is 15.8 Å². The summed E-state index contributed by atoms with van der Waals surface area (Å²) in [4.78, 5) is 32.7. The molecule has 2 aromatic heterocycles. The maximum absolute atomic E-state index is 14.4. The van der Waals surface area contributed by atoms with E-state index < -0.39 is 47.1 Å². The number of nitrogens with one attached hydrogen (secondary N) is 1. The van der Waals surface area contributed by atoms with Gasteiger partial charge >= 0.3 is 6.18 Å². The van der Waals surface area contributed by atoms with E-state index in [9.17, 15) is 32.3 Å². The number of hydrogen-bond acceptors (Lipinski definition) is 7. The number of rotatable bonds is 7. The monoisotopic (exact) mass is 534 g/mol. The molecule has 0 fully saturated rings. The summed E-state index contributed by atoms with van der Waals surface area (Å²) in [6.45, 7) is -0.250. The van der Waals surface area contributed by atoms with Crippen molar-refractivity contribution in [2.45, 2.75) is 24.1 Å². The van der Waals surface area contributed by atoms with Crippen molar-refractivity contribution in [2.75, 3.05) is 20.3 Å². The fourth-order valence-corrected chi connectivity index (χ4v) is 3.90. The number of halogens is 4. The van der Waals surface area contributed by atoms with Crippen molar-refractivity contribution < 1.29 is 41.7 Å². The summed E-state index contributed by atoms with van der Waals surface area (Å²) >= 11 is 0. The maximum atomic E-state index is 14.4. The van der Waals surface area contributed by atoms with Crippen molar-refractivity contribution in [2.24, 2.45) is 5.73 Å². The van der Waals surface area contributed by atoms with Gasteiger partial charge in [-0.2, -0.15) is 13.2 Å². The lowest BCUT2D eigenvalue weighted by molar-refractivity contribution is -0.265. The second-order valence-electron chi connectivity index (χ2n) is 8.88. The molecule has 4 rings (SSSR count). The van der Waals surface area contributed by atoms with Crippen molar-refractivity contribution in [3.63, 3.8) is 0 Å². The predicted octanol–water partition coefficient (Wildman–Crippen LogP) is 2.61. The second kappa shape index (κ2) is 9.56. The molecule has 0 spiro atoms. The number of methoxy groups -OCH3 is 1. The molecule has 200 valence electrons. The molecule has 2 atom stereocenters. The van der Waals surface area contributed by atoms with E-state index in [-0.39, 0.29) is 40.5 Å². The maximum Gasteiger partial charge on any atom is 0.424 e. The highest BCUT2D eigenvalue weighted by atomic mass is 19.4. The number of hydrogen-bond donors (Lipinski definition) is 3. The molecule has 3 aromatic rings. The number of fused-ring (bicyclic) bond motifs is 1. The largest absolute Gasteiger partial charge is 0.495 e. The Bertz CT molecular complexity index is 1400. The Morgan fingerprint density at radius 1 is 1.21 bits per heavy atom. The Labute approximate surface area is 213 Å². The molecule has 0 saturated heterocycles. The normalized spacial score (nSPS) is 18.2. The van der Waals surface area contributed by atoms with Crippen LogP contribution in [0.2, 0.25) is 0 Å². The fraction of sp³-hybridized carbons (Fsp3) is 0.280. The van der Waals surface area contributed by atoms with Crippen molar-refractivity contribution in [3.05, 3.63) is 71.4 Å². The summed E-state index contributed by atoms with van der Waals surface area (Å²) in [5.41, 5.74) is -0.812. The predicted molar refractivity (Wildman–Crippen MR) is 125 cm³/mol. The summed E-state index contributed by atoms with van der Waals surface area (Å²) < 4.78 is 67.3. The molecule has 1 aromatic carbocycles. The number of amides is 2. The Kier molecular flexibility index (Phi) is 6.74. The van der Waals surface area contributed by atoms with Crippen LogP contribution < -0.4 is 20.5 Å². The first-order valence-electron chi connectivity index (χ1n) is 11.1. The topological polar surface area (TPSA) is 137 Å². The van der Waals surface area contributed by atoms with Crippen molar-refractivity contribution in [3.8, 4) is 22.8 Å². The molecule has 1 aliphatic rings. The molecular formula is C25H22F4N4O5. The zero-order chi connectivity index (χ0) is 27.9. The van der Waals surface area contributed by atoms with Gasteiger partial charge in [0, 0.05) is 17.3 Å². The van der Waals surface area contributed by atoms with E-state index in [0.29, 0.717) is 0 Å². The summed E-state index contributed by atoms with van der Waals surface area (Å²) in [5, 5.41) is 13.1. The fourth-order valence-electron chi connectivity index (χ4n) is 3.90. The third kappa shape index (κ3) is 4.60. The number of benzene rings is 1. The zero-order valence-electron chi connectivity index (χ0n) is 20.1. The quantitative estimate of drug-likeness (QED) is 0.397. The van der Waals surface area contributed by atoms with Gasteiger partial charge in [-0.15, -0.1) is 0 Å². The van der Waals surface area contributed by atoms with Gasteiger partial charge in [0.1, 0.15) is 35.0 Å². The number of aliphatic hydroxyl groups is 1. The number of pyridine rings is 2.